The Kier molecular flexibility index (Phi) is 8.38. The Morgan fingerprint density at radius 1 is 1.00 bits per heavy atom. The van der Waals surface area contributed by atoms with E-state index in [4.69, 9.17) is 9.90 Å². The van der Waals surface area contributed by atoms with Gasteiger partial charge in [0.1, 0.15) is 5.82 Å². The van der Waals surface area contributed by atoms with Crippen LogP contribution in [0.3, 0.4) is 0 Å². The van der Waals surface area contributed by atoms with Gasteiger partial charge >= 0.3 is 18.1 Å². The smallest absolute Gasteiger partial charge is 0.478 e. The van der Waals surface area contributed by atoms with Crippen molar-refractivity contribution < 1.29 is 42.2 Å². The van der Waals surface area contributed by atoms with Crippen LogP contribution < -0.4 is 10.2 Å². The van der Waals surface area contributed by atoms with Crippen molar-refractivity contribution in [1.29, 1.82) is 0 Å². The third-order valence-corrected chi connectivity index (χ3v) is 4.97. The lowest BCUT2D eigenvalue weighted by Gasteiger charge is -2.33. The predicted octanol–water partition coefficient (Wildman–Crippen LogP) is 4.65. The molecule has 0 bridgehead atoms. The maximum atomic E-state index is 13.7. The summed E-state index contributed by atoms with van der Waals surface area (Å²) in [5, 5.41) is 19.3. The summed E-state index contributed by atoms with van der Waals surface area (Å²) in [4.78, 5) is 34.9. The number of hydrogen-bond acceptors (Lipinski definition) is 4. The molecule has 0 atom stereocenters. The summed E-state index contributed by atoms with van der Waals surface area (Å²) in [5.41, 5.74) is 1.02. The van der Waals surface area contributed by atoms with Gasteiger partial charge in [-0.3, -0.25) is 4.79 Å². The van der Waals surface area contributed by atoms with Gasteiger partial charge in [-0.1, -0.05) is 19.1 Å². The Morgan fingerprint density at radius 2 is 1.58 bits per heavy atom. The molecule has 0 aromatic heterocycles. The third kappa shape index (κ3) is 7.19. The number of aromatic carboxylic acids is 1. The summed E-state index contributed by atoms with van der Waals surface area (Å²) < 4.78 is 45.5. The molecule has 0 unspecified atom stereocenters. The zero-order valence-electron chi connectivity index (χ0n) is 17.5. The maximum Gasteiger partial charge on any atom is 0.490 e. The normalized spacial score (nSPS) is 14.2. The molecule has 0 radical (unpaired) electrons. The van der Waals surface area contributed by atoms with Gasteiger partial charge in [0.15, 0.2) is 0 Å². The highest BCUT2D eigenvalue weighted by molar-refractivity contribution is 6.05. The van der Waals surface area contributed by atoms with Gasteiger partial charge < -0.3 is 20.4 Å². The molecule has 0 aliphatic carbocycles. The molecule has 1 aliphatic rings. The topological polar surface area (TPSA) is 107 Å². The SMILES string of the molecule is CC1CCN(c2ccc(NC(=O)c3ccccc3F)cc2C(=O)O)CC1.O=C(O)C(F)(F)F. The van der Waals surface area contributed by atoms with Gasteiger partial charge in [0.25, 0.3) is 5.91 Å². The molecule has 1 heterocycles. The number of piperidine rings is 1. The second kappa shape index (κ2) is 10.8. The number of hydrogen-bond donors (Lipinski definition) is 3. The quantitative estimate of drug-likeness (QED) is 0.562. The Hall–Kier alpha value is -3.63. The number of aliphatic carboxylic acids is 1. The Balaban J connectivity index is 0.000000479. The van der Waals surface area contributed by atoms with Crippen LogP contribution in [0.2, 0.25) is 0 Å². The van der Waals surface area contributed by atoms with Gasteiger partial charge in [0, 0.05) is 18.8 Å². The first-order valence-electron chi connectivity index (χ1n) is 9.88. The van der Waals surface area contributed by atoms with Crippen LogP contribution in [0.1, 0.15) is 40.5 Å². The van der Waals surface area contributed by atoms with E-state index >= 15 is 0 Å². The van der Waals surface area contributed by atoms with Crippen molar-refractivity contribution in [2.45, 2.75) is 25.9 Å². The fraction of sp³-hybridized carbons (Fsp3) is 0.318. The predicted molar refractivity (Wildman–Crippen MR) is 112 cm³/mol. The van der Waals surface area contributed by atoms with Crippen LogP contribution in [0.5, 0.6) is 0 Å². The summed E-state index contributed by atoms with van der Waals surface area (Å²) in [5.74, 6) is -4.41. The number of carbonyl (C=O) groups excluding carboxylic acids is 1. The molecule has 1 amide bonds. The minimum absolute atomic E-state index is 0.0848. The van der Waals surface area contributed by atoms with E-state index in [-0.39, 0.29) is 11.1 Å². The lowest BCUT2D eigenvalue weighted by atomic mass is 9.98. The summed E-state index contributed by atoms with van der Waals surface area (Å²) in [7, 11) is 0. The second-order valence-corrected chi connectivity index (χ2v) is 7.44. The van der Waals surface area contributed by atoms with Crippen LogP contribution in [0.15, 0.2) is 42.5 Å². The van der Waals surface area contributed by atoms with Crippen LogP contribution >= 0.6 is 0 Å². The Morgan fingerprint density at radius 3 is 2.09 bits per heavy atom. The molecule has 1 fully saturated rings. The molecule has 0 spiro atoms. The molecular weight excluding hydrogens is 448 g/mol. The van der Waals surface area contributed by atoms with Crippen molar-refractivity contribution >= 4 is 29.2 Å². The van der Waals surface area contributed by atoms with Crippen molar-refractivity contribution in [3.05, 3.63) is 59.4 Å². The van der Waals surface area contributed by atoms with E-state index in [0.717, 1.165) is 25.9 Å². The number of rotatable bonds is 4. The summed E-state index contributed by atoms with van der Waals surface area (Å²) >= 11 is 0. The lowest BCUT2D eigenvalue weighted by Crippen LogP contribution is -2.33. The van der Waals surface area contributed by atoms with E-state index in [1.165, 1.54) is 24.3 Å². The summed E-state index contributed by atoms with van der Waals surface area (Å²) in [6.07, 6.45) is -3.05. The maximum absolute atomic E-state index is 13.7. The number of nitrogens with one attached hydrogen (secondary N) is 1. The molecule has 33 heavy (non-hydrogen) atoms. The van der Waals surface area contributed by atoms with Crippen LogP contribution in [0.4, 0.5) is 28.9 Å². The number of benzene rings is 2. The molecule has 2 aromatic carbocycles. The monoisotopic (exact) mass is 470 g/mol. The van der Waals surface area contributed by atoms with E-state index in [1.54, 1.807) is 18.2 Å². The fourth-order valence-corrected chi connectivity index (χ4v) is 3.15. The number of halogens is 4. The first-order chi connectivity index (χ1) is 15.4. The highest BCUT2D eigenvalue weighted by Crippen LogP contribution is 2.29. The van der Waals surface area contributed by atoms with Crippen LogP contribution in [-0.4, -0.2) is 47.3 Å². The third-order valence-electron chi connectivity index (χ3n) is 4.97. The first-order valence-corrected chi connectivity index (χ1v) is 9.88. The molecule has 3 N–H and O–H groups in total. The van der Waals surface area contributed by atoms with Crippen molar-refractivity contribution in [2.24, 2.45) is 5.92 Å². The number of carboxylic acids is 2. The van der Waals surface area contributed by atoms with Crippen LogP contribution in [0, 0.1) is 11.7 Å². The molecule has 1 saturated heterocycles. The lowest BCUT2D eigenvalue weighted by molar-refractivity contribution is -0.192. The average molecular weight is 470 g/mol. The van der Waals surface area contributed by atoms with E-state index in [0.29, 0.717) is 17.3 Å². The number of alkyl halides is 3. The first kappa shape index (κ1) is 25.6. The molecule has 3 rings (SSSR count). The Labute approximate surface area is 186 Å². The molecule has 2 aromatic rings. The van der Waals surface area contributed by atoms with E-state index < -0.39 is 29.8 Å². The molecule has 11 heteroatoms. The van der Waals surface area contributed by atoms with Crippen molar-refractivity contribution in [3.8, 4) is 0 Å². The molecule has 7 nitrogen and oxygen atoms in total. The van der Waals surface area contributed by atoms with Gasteiger partial charge in [-0.25, -0.2) is 14.0 Å². The van der Waals surface area contributed by atoms with Crippen LogP contribution in [0.25, 0.3) is 0 Å². The largest absolute Gasteiger partial charge is 0.490 e. The highest BCUT2D eigenvalue weighted by Gasteiger charge is 2.38. The average Bonchev–Trinajstić information content (AvgIpc) is 2.74. The summed E-state index contributed by atoms with van der Waals surface area (Å²) in [6, 6.07) is 10.4. The number of carbonyl (C=O) groups is 3. The number of amides is 1. The minimum Gasteiger partial charge on any atom is -0.478 e. The fourth-order valence-electron chi connectivity index (χ4n) is 3.15. The molecule has 1 aliphatic heterocycles. The van der Waals surface area contributed by atoms with E-state index in [2.05, 4.69) is 17.1 Å². The van der Waals surface area contributed by atoms with Gasteiger partial charge in [-0.05, 0) is 49.1 Å². The summed E-state index contributed by atoms with van der Waals surface area (Å²) in [6.45, 7) is 3.81. The minimum atomic E-state index is -5.08. The van der Waals surface area contributed by atoms with Gasteiger partial charge in [-0.2, -0.15) is 13.2 Å². The van der Waals surface area contributed by atoms with E-state index in [9.17, 15) is 32.3 Å². The van der Waals surface area contributed by atoms with E-state index in [1.807, 2.05) is 0 Å². The van der Waals surface area contributed by atoms with Crippen molar-refractivity contribution in [2.75, 3.05) is 23.3 Å². The molecule has 178 valence electrons. The van der Waals surface area contributed by atoms with Crippen molar-refractivity contribution in [1.82, 2.24) is 0 Å². The number of carboxylic acid groups (broad SMARTS) is 2. The second-order valence-electron chi connectivity index (χ2n) is 7.44. The Bertz CT molecular complexity index is 1020. The standard InChI is InChI=1S/C20H21FN2O3.C2HF3O2/c1-13-8-10-23(11-9-13)18-7-6-14(12-16(18)20(25)26)22-19(24)15-4-2-3-5-17(15)21;3-2(4,5)1(6)7/h2-7,12-13H,8-11H2,1H3,(H,22,24)(H,25,26);(H,6,7). The highest BCUT2D eigenvalue weighted by atomic mass is 19.4. The molecular formula is C22H22F4N2O5. The number of anilines is 2. The zero-order chi connectivity index (χ0) is 24.8. The van der Waals surface area contributed by atoms with Crippen molar-refractivity contribution in [3.63, 3.8) is 0 Å². The van der Waals surface area contributed by atoms with Gasteiger partial charge in [-0.15, -0.1) is 0 Å². The van der Waals surface area contributed by atoms with Gasteiger partial charge in [0.05, 0.1) is 16.8 Å². The zero-order valence-corrected chi connectivity index (χ0v) is 17.5. The van der Waals surface area contributed by atoms with Crippen LogP contribution in [-0.2, 0) is 4.79 Å². The molecule has 0 saturated carbocycles. The number of nitrogens with zero attached hydrogens (tertiary/aromatic N) is 1. The van der Waals surface area contributed by atoms with Gasteiger partial charge in [0.2, 0.25) is 0 Å².